The lowest BCUT2D eigenvalue weighted by molar-refractivity contribution is 0.302. The molecule has 0 aliphatic carbocycles. The molecule has 0 unspecified atom stereocenters. The average molecular weight is 590 g/mol. The summed E-state index contributed by atoms with van der Waals surface area (Å²) in [6.45, 7) is 7.56. The van der Waals surface area contributed by atoms with Gasteiger partial charge in [0.2, 0.25) is 0 Å². The molecule has 2 rings (SSSR count). The van der Waals surface area contributed by atoms with Crippen molar-refractivity contribution in [1.82, 2.24) is 0 Å². The molecule has 0 saturated carbocycles. The maximum absolute atomic E-state index is 6.58. The highest BCUT2D eigenvalue weighted by Gasteiger charge is 2.15. The second-order valence-corrected chi connectivity index (χ2v) is 10.9. The Morgan fingerprint density at radius 1 is 0.595 bits per heavy atom. The zero-order valence-electron chi connectivity index (χ0n) is 22.4. The van der Waals surface area contributed by atoms with Gasteiger partial charge in [-0.05, 0) is 19.8 Å². The van der Waals surface area contributed by atoms with Crippen molar-refractivity contribution in [3.63, 3.8) is 0 Å². The van der Waals surface area contributed by atoms with Crippen molar-refractivity contribution in [3.05, 3.63) is 43.9 Å². The van der Waals surface area contributed by atoms with Gasteiger partial charge in [0, 0.05) is 23.8 Å². The first-order chi connectivity index (χ1) is 17.9. The van der Waals surface area contributed by atoms with Crippen molar-refractivity contribution in [2.24, 2.45) is 10.2 Å². The van der Waals surface area contributed by atoms with Gasteiger partial charge in [0.15, 0.2) is 0 Å². The fourth-order valence-electron chi connectivity index (χ4n) is 3.88. The fraction of sp³-hybridized carbons (Fsp3) is 0.586. The molecule has 4 nitrogen and oxygen atoms in total. The summed E-state index contributed by atoms with van der Waals surface area (Å²) in [6.07, 6.45) is 14.4. The molecule has 0 aromatic heterocycles. The molecule has 0 saturated heterocycles. The smallest absolute Gasteiger partial charge is 0.125 e. The maximum atomic E-state index is 6.58. The van der Waals surface area contributed by atoms with Crippen LogP contribution in [0.2, 0.25) is 20.1 Å². The zero-order chi connectivity index (χ0) is 27.0. The van der Waals surface area contributed by atoms with Crippen LogP contribution in [-0.4, -0.2) is 13.2 Å². The van der Waals surface area contributed by atoms with Crippen LogP contribution in [0, 0.1) is 6.92 Å². The number of ether oxygens (including phenoxy) is 2. The van der Waals surface area contributed by atoms with E-state index in [9.17, 15) is 0 Å². The topological polar surface area (TPSA) is 43.2 Å². The Labute approximate surface area is 243 Å². The molecule has 0 amide bonds. The van der Waals surface area contributed by atoms with Crippen LogP contribution in [0.3, 0.4) is 0 Å². The Kier molecular flexibility index (Phi) is 15.7. The summed E-state index contributed by atoms with van der Waals surface area (Å²) in [5.41, 5.74) is 1.45. The van der Waals surface area contributed by atoms with Crippen molar-refractivity contribution >= 4 is 57.8 Å². The molecule has 0 aliphatic rings. The maximum Gasteiger partial charge on any atom is 0.125 e. The molecule has 0 bridgehead atoms. The van der Waals surface area contributed by atoms with Crippen molar-refractivity contribution in [2.45, 2.75) is 97.8 Å². The lowest BCUT2D eigenvalue weighted by atomic mass is 10.1. The predicted octanol–water partition coefficient (Wildman–Crippen LogP) is 12.5. The summed E-state index contributed by atoms with van der Waals surface area (Å²) in [5.74, 6) is 1.27. The van der Waals surface area contributed by atoms with E-state index in [2.05, 4.69) is 24.1 Å². The van der Waals surface area contributed by atoms with E-state index in [0.717, 1.165) is 31.2 Å². The molecule has 0 aliphatic heterocycles. The molecule has 206 valence electrons. The second-order valence-electron chi connectivity index (χ2n) is 9.31. The first-order valence-corrected chi connectivity index (χ1v) is 15.0. The van der Waals surface area contributed by atoms with E-state index in [-0.39, 0.29) is 0 Å². The number of nitrogens with zero attached hydrogens (tertiary/aromatic N) is 2. The van der Waals surface area contributed by atoms with Gasteiger partial charge in [-0.3, -0.25) is 0 Å². The lowest BCUT2D eigenvalue weighted by Crippen LogP contribution is -1.99. The largest absolute Gasteiger partial charge is 0.493 e. The summed E-state index contributed by atoms with van der Waals surface area (Å²) in [4.78, 5) is 0. The Hall–Kier alpha value is -1.20. The molecular formula is C29H40Cl4N2O2. The normalized spacial score (nSPS) is 11.4. The monoisotopic (exact) mass is 588 g/mol. The summed E-state index contributed by atoms with van der Waals surface area (Å²) in [5, 5.41) is 9.96. The van der Waals surface area contributed by atoms with Gasteiger partial charge >= 0.3 is 0 Å². The quantitative estimate of drug-likeness (QED) is 0.128. The van der Waals surface area contributed by atoms with E-state index in [4.69, 9.17) is 55.9 Å². The van der Waals surface area contributed by atoms with Crippen LogP contribution in [0.5, 0.6) is 11.5 Å². The van der Waals surface area contributed by atoms with Crippen molar-refractivity contribution in [2.75, 3.05) is 13.2 Å². The van der Waals surface area contributed by atoms with Gasteiger partial charge in [-0.1, -0.05) is 124 Å². The van der Waals surface area contributed by atoms with E-state index in [0.29, 0.717) is 56.2 Å². The van der Waals surface area contributed by atoms with Crippen molar-refractivity contribution in [1.29, 1.82) is 0 Å². The van der Waals surface area contributed by atoms with Crippen LogP contribution < -0.4 is 9.47 Å². The molecule has 0 fully saturated rings. The van der Waals surface area contributed by atoms with Crippen LogP contribution in [0.25, 0.3) is 0 Å². The molecule has 0 heterocycles. The first-order valence-electron chi connectivity index (χ1n) is 13.5. The molecule has 0 spiro atoms. The van der Waals surface area contributed by atoms with Crippen LogP contribution >= 0.6 is 46.4 Å². The van der Waals surface area contributed by atoms with Crippen molar-refractivity contribution in [3.8, 4) is 11.5 Å². The molecule has 0 atom stereocenters. The SMILES string of the molecule is CCCCCCCCOc1cc(Cl)c(N=Nc2c(Cl)cc(OCCCCCCCC)c(C)c2Cl)c(Cl)c1. The van der Waals surface area contributed by atoms with Gasteiger partial charge in [-0.15, -0.1) is 10.2 Å². The standard InChI is InChI=1S/C29H40Cl4N2O2/c1-4-6-8-10-12-14-16-36-22-18-23(30)28(24(31)19-22)34-35-29-25(32)20-26(21(3)27(29)33)37-17-15-13-11-9-7-5-2/h18-20H,4-17H2,1-3H3. The molecule has 2 aromatic rings. The van der Waals surface area contributed by atoms with Gasteiger partial charge < -0.3 is 9.47 Å². The number of unbranched alkanes of at least 4 members (excludes halogenated alkanes) is 10. The van der Waals surface area contributed by atoms with E-state index in [1.165, 1.54) is 51.4 Å². The molecular weight excluding hydrogens is 550 g/mol. The second kappa shape index (κ2) is 18.2. The Bertz CT molecular complexity index is 975. The van der Waals surface area contributed by atoms with Gasteiger partial charge in [0.05, 0.1) is 33.3 Å². The molecule has 2 aromatic carbocycles. The lowest BCUT2D eigenvalue weighted by Gasteiger charge is -2.13. The number of azo groups is 1. The Balaban J connectivity index is 1.97. The van der Waals surface area contributed by atoms with E-state index in [1.54, 1.807) is 18.2 Å². The number of halogens is 4. The summed E-state index contributed by atoms with van der Waals surface area (Å²) in [6, 6.07) is 5.13. The van der Waals surface area contributed by atoms with E-state index in [1.807, 2.05) is 6.92 Å². The van der Waals surface area contributed by atoms with Crippen LogP contribution in [-0.2, 0) is 0 Å². The molecule has 0 radical (unpaired) electrons. The molecule has 0 N–H and O–H groups in total. The van der Waals surface area contributed by atoms with E-state index >= 15 is 0 Å². The third kappa shape index (κ3) is 11.2. The Morgan fingerprint density at radius 2 is 1.05 bits per heavy atom. The third-order valence-corrected chi connectivity index (χ3v) is 7.48. The predicted molar refractivity (Wildman–Crippen MR) is 160 cm³/mol. The highest BCUT2D eigenvalue weighted by atomic mass is 35.5. The average Bonchev–Trinajstić information content (AvgIpc) is 2.87. The fourth-order valence-corrected chi connectivity index (χ4v) is 4.94. The minimum Gasteiger partial charge on any atom is -0.493 e. The number of rotatable bonds is 18. The van der Waals surface area contributed by atoms with Crippen LogP contribution in [0.15, 0.2) is 28.4 Å². The van der Waals surface area contributed by atoms with Gasteiger partial charge in [-0.2, -0.15) is 0 Å². The highest BCUT2D eigenvalue weighted by molar-refractivity contribution is 6.40. The van der Waals surface area contributed by atoms with Crippen LogP contribution in [0.1, 0.15) is 96.5 Å². The van der Waals surface area contributed by atoms with E-state index < -0.39 is 0 Å². The summed E-state index contributed by atoms with van der Waals surface area (Å²) in [7, 11) is 0. The van der Waals surface area contributed by atoms with Gasteiger partial charge in [-0.25, -0.2) is 0 Å². The Morgan fingerprint density at radius 3 is 1.62 bits per heavy atom. The van der Waals surface area contributed by atoms with Crippen LogP contribution in [0.4, 0.5) is 11.4 Å². The highest BCUT2D eigenvalue weighted by Crippen LogP contribution is 2.43. The van der Waals surface area contributed by atoms with Crippen molar-refractivity contribution < 1.29 is 9.47 Å². The zero-order valence-corrected chi connectivity index (χ0v) is 25.4. The van der Waals surface area contributed by atoms with Gasteiger partial charge in [0.1, 0.15) is 22.9 Å². The minimum absolute atomic E-state index is 0.337. The summed E-state index contributed by atoms with van der Waals surface area (Å²) < 4.78 is 11.8. The van der Waals surface area contributed by atoms with Gasteiger partial charge in [0.25, 0.3) is 0 Å². The summed E-state index contributed by atoms with van der Waals surface area (Å²) >= 11 is 25.9. The number of hydrogen-bond acceptors (Lipinski definition) is 4. The molecule has 37 heavy (non-hydrogen) atoms. The molecule has 8 heteroatoms. The first kappa shape index (κ1) is 32.0. The number of benzene rings is 2. The number of hydrogen-bond donors (Lipinski definition) is 0. The third-order valence-electron chi connectivity index (χ3n) is 6.15. The minimum atomic E-state index is 0.337.